The molecule has 13 heavy (non-hydrogen) atoms. The first-order valence-electron chi connectivity index (χ1n) is 4.98. The summed E-state index contributed by atoms with van der Waals surface area (Å²) in [4.78, 5) is 5.73. The molecule has 0 saturated heterocycles. The van der Waals surface area contributed by atoms with E-state index in [9.17, 15) is 5.11 Å². The molecule has 0 amide bonds. The van der Waals surface area contributed by atoms with E-state index in [2.05, 4.69) is 4.98 Å². The second-order valence-corrected chi connectivity index (χ2v) is 5.22. The Morgan fingerprint density at radius 3 is 2.69 bits per heavy atom. The molecular formula is C10H13NOS. The lowest BCUT2D eigenvalue weighted by atomic mass is 9.81. The van der Waals surface area contributed by atoms with Crippen molar-refractivity contribution in [2.75, 3.05) is 0 Å². The van der Waals surface area contributed by atoms with E-state index in [0.29, 0.717) is 5.92 Å². The van der Waals surface area contributed by atoms with E-state index in [1.54, 1.807) is 0 Å². The van der Waals surface area contributed by atoms with Crippen LogP contribution in [0.15, 0.2) is 6.20 Å². The molecule has 0 aliphatic heterocycles. The van der Waals surface area contributed by atoms with Gasteiger partial charge in [-0.1, -0.05) is 0 Å². The van der Waals surface area contributed by atoms with Gasteiger partial charge in [0.15, 0.2) is 0 Å². The first-order chi connectivity index (χ1) is 6.34. The van der Waals surface area contributed by atoms with E-state index < -0.39 is 0 Å². The van der Waals surface area contributed by atoms with Crippen LogP contribution < -0.4 is 0 Å². The molecule has 0 spiro atoms. The van der Waals surface area contributed by atoms with Gasteiger partial charge >= 0.3 is 0 Å². The van der Waals surface area contributed by atoms with Crippen LogP contribution in [0.1, 0.15) is 47.4 Å². The molecule has 0 aromatic carbocycles. The highest BCUT2D eigenvalue weighted by Gasteiger charge is 2.33. The second kappa shape index (κ2) is 2.79. The molecule has 2 fully saturated rings. The third-order valence-corrected chi connectivity index (χ3v) is 4.36. The zero-order chi connectivity index (χ0) is 8.84. The number of aromatic nitrogens is 1. The van der Waals surface area contributed by atoms with Gasteiger partial charge in [-0.15, -0.1) is 11.3 Å². The van der Waals surface area contributed by atoms with Gasteiger partial charge in [0.1, 0.15) is 0 Å². The van der Waals surface area contributed by atoms with Gasteiger partial charge in [0.05, 0.1) is 11.1 Å². The lowest BCUT2D eigenvalue weighted by Crippen LogP contribution is -2.28. The van der Waals surface area contributed by atoms with Crippen molar-refractivity contribution in [1.82, 2.24) is 4.98 Å². The molecule has 2 saturated carbocycles. The fourth-order valence-corrected chi connectivity index (χ4v) is 3.09. The highest BCUT2D eigenvalue weighted by Crippen LogP contribution is 2.45. The Bertz CT molecular complexity index is 318. The summed E-state index contributed by atoms with van der Waals surface area (Å²) in [5, 5.41) is 10.8. The van der Waals surface area contributed by atoms with Crippen molar-refractivity contribution in [3.8, 4) is 0 Å². The highest BCUT2D eigenvalue weighted by molar-refractivity contribution is 7.11. The summed E-state index contributed by atoms with van der Waals surface area (Å²) < 4.78 is 0. The summed E-state index contributed by atoms with van der Waals surface area (Å²) in [6, 6.07) is 0. The summed E-state index contributed by atoms with van der Waals surface area (Å²) in [5.74, 6) is 1.17. The summed E-state index contributed by atoms with van der Waals surface area (Å²) in [7, 11) is 0. The van der Waals surface area contributed by atoms with Crippen LogP contribution in [-0.4, -0.2) is 16.2 Å². The van der Waals surface area contributed by atoms with Crippen LogP contribution in [0, 0.1) is 0 Å². The Morgan fingerprint density at radius 1 is 1.31 bits per heavy atom. The van der Waals surface area contributed by atoms with Gasteiger partial charge in [-0.05, 0) is 25.7 Å². The summed E-state index contributed by atoms with van der Waals surface area (Å²) in [6.07, 6.45) is 6.65. The van der Waals surface area contributed by atoms with Crippen molar-refractivity contribution < 1.29 is 5.11 Å². The lowest BCUT2D eigenvalue weighted by Gasteiger charge is -2.30. The predicted molar refractivity (Wildman–Crippen MR) is 52.1 cm³/mol. The second-order valence-electron chi connectivity index (χ2n) is 4.13. The van der Waals surface area contributed by atoms with Crippen LogP contribution in [-0.2, 0) is 0 Å². The molecule has 70 valence electrons. The fraction of sp³-hybridized carbons (Fsp3) is 0.700. The molecule has 0 radical (unpaired) electrons. The average molecular weight is 195 g/mol. The number of rotatable bonds is 2. The van der Waals surface area contributed by atoms with Crippen LogP contribution in [0.3, 0.4) is 0 Å². The fourth-order valence-electron chi connectivity index (χ4n) is 1.81. The molecule has 1 N–H and O–H groups in total. The smallest absolute Gasteiger partial charge is 0.0958 e. The van der Waals surface area contributed by atoms with E-state index in [1.165, 1.54) is 22.7 Å². The van der Waals surface area contributed by atoms with Gasteiger partial charge in [0.2, 0.25) is 0 Å². The molecule has 0 bridgehead atoms. The maximum atomic E-state index is 9.50. The van der Waals surface area contributed by atoms with E-state index in [4.69, 9.17) is 0 Å². The minimum atomic E-state index is -0.0903. The molecule has 1 heterocycles. The maximum absolute atomic E-state index is 9.50. The third kappa shape index (κ3) is 1.30. The minimum absolute atomic E-state index is 0.0903. The van der Waals surface area contributed by atoms with Crippen molar-refractivity contribution in [1.29, 1.82) is 0 Å². The van der Waals surface area contributed by atoms with Crippen LogP contribution in [0.2, 0.25) is 0 Å². The van der Waals surface area contributed by atoms with Gasteiger partial charge in [-0.2, -0.15) is 0 Å². The van der Waals surface area contributed by atoms with Crippen molar-refractivity contribution in [2.45, 2.75) is 43.6 Å². The molecule has 1 aromatic heterocycles. The van der Waals surface area contributed by atoms with Crippen LogP contribution in [0.5, 0.6) is 0 Å². The summed E-state index contributed by atoms with van der Waals surface area (Å²) >= 11 is 1.82. The van der Waals surface area contributed by atoms with Gasteiger partial charge in [-0.3, -0.25) is 0 Å². The zero-order valence-electron chi connectivity index (χ0n) is 7.44. The molecular weight excluding hydrogens is 182 g/mol. The highest BCUT2D eigenvalue weighted by atomic mass is 32.1. The Hall–Kier alpha value is -0.410. The van der Waals surface area contributed by atoms with E-state index in [0.717, 1.165) is 18.8 Å². The number of nitrogens with zero attached hydrogens (tertiary/aromatic N) is 1. The Morgan fingerprint density at radius 2 is 2.15 bits per heavy atom. The van der Waals surface area contributed by atoms with Crippen LogP contribution in [0.25, 0.3) is 0 Å². The summed E-state index contributed by atoms with van der Waals surface area (Å²) in [5.41, 5.74) is 0. The minimum Gasteiger partial charge on any atom is -0.392 e. The van der Waals surface area contributed by atoms with Gasteiger partial charge in [0.25, 0.3) is 0 Å². The molecule has 2 atom stereocenters. The van der Waals surface area contributed by atoms with Crippen molar-refractivity contribution in [3.05, 3.63) is 16.1 Å². The van der Waals surface area contributed by atoms with Crippen LogP contribution in [0.4, 0.5) is 0 Å². The standard InChI is InChI=1S/C10H13NOS/c12-8-4-3-7(8)9-5-11-10(13-9)6-1-2-6/h5-8,12H,1-4H2. The first kappa shape index (κ1) is 7.94. The zero-order valence-corrected chi connectivity index (χ0v) is 8.26. The number of thiazole rings is 1. The Balaban J connectivity index is 1.80. The Kier molecular flexibility index (Phi) is 1.70. The van der Waals surface area contributed by atoms with E-state index in [1.807, 2.05) is 17.5 Å². The van der Waals surface area contributed by atoms with Gasteiger partial charge in [-0.25, -0.2) is 4.98 Å². The van der Waals surface area contributed by atoms with Crippen LogP contribution >= 0.6 is 11.3 Å². The third-order valence-electron chi connectivity index (χ3n) is 3.07. The molecule has 2 aliphatic carbocycles. The first-order valence-corrected chi connectivity index (χ1v) is 5.80. The van der Waals surface area contributed by atoms with E-state index in [-0.39, 0.29) is 6.10 Å². The maximum Gasteiger partial charge on any atom is 0.0958 e. The molecule has 1 aromatic rings. The normalized spacial score (nSPS) is 33.0. The summed E-state index contributed by atoms with van der Waals surface area (Å²) in [6.45, 7) is 0. The molecule has 2 aliphatic rings. The van der Waals surface area contributed by atoms with Crippen molar-refractivity contribution in [3.63, 3.8) is 0 Å². The van der Waals surface area contributed by atoms with Crippen molar-refractivity contribution >= 4 is 11.3 Å². The predicted octanol–water partition coefficient (Wildman–Crippen LogP) is 2.26. The lowest BCUT2D eigenvalue weighted by molar-refractivity contribution is 0.0676. The molecule has 3 heteroatoms. The monoisotopic (exact) mass is 195 g/mol. The number of aliphatic hydroxyl groups excluding tert-OH is 1. The topological polar surface area (TPSA) is 33.1 Å². The molecule has 2 nitrogen and oxygen atoms in total. The Labute approximate surface area is 81.6 Å². The molecule has 2 unspecified atom stereocenters. The SMILES string of the molecule is OC1CCC1c1cnc(C2CC2)s1. The average Bonchev–Trinajstić information content (AvgIpc) is 2.86. The van der Waals surface area contributed by atoms with E-state index >= 15 is 0 Å². The van der Waals surface area contributed by atoms with Gasteiger partial charge in [0, 0.05) is 22.9 Å². The number of hydrogen-bond donors (Lipinski definition) is 1. The largest absolute Gasteiger partial charge is 0.392 e. The number of hydrogen-bond acceptors (Lipinski definition) is 3. The molecule has 3 rings (SSSR count). The quantitative estimate of drug-likeness (QED) is 0.785. The van der Waals surface area contributed by atoms with Gasteiger partial charge < -0.3 is 5.11 Å². The number of aliphatic hydroxyl groups is 1. The van der Waals surface area contributed by atoms with Crippen molar-refractivity contribution in [2.24, 2.45) is 0 Å².